The summed E-state index contributed by atoms with van der Waals surface area (Å²) in [6, 6.07) is 11.1. The molecular weight excluding hydrogens is 491 g/mol. The molecule has 39 heavy (non-hydrogen) atoms. The van der Waals surface area contributed by atoms with E-state index in [1.165, 1.54) is 19.2 Å². The highest BCUT2D eigenvalue weighted by Gasteiger charge is 2.20. The number of halogens is 1. The molecule has 0 radical (unpaired) electrons. The molecule has 0 amide bonds. The van der Waals surface area contributed by atoms with Gasteiger partial charge < -0.3 is 15.0 Å². The van der Waals surface area contributed by atoms with Crippen LogP contribution in [0.25, 0.3) is 33.2 Å². The van der Waals surface area contributed by atoms with E-state index in [-0.39, 0.29) is 5.82 Å². The van der Waals surface area contributed by atoms with Crippen LogP contribution in [0.1, 0.15) is 35.9 Å². The first-order valence-electron chi connectivity index (χ1n) is 13.1. The molecule has 5 aromatic rings. The molecule has 0 fully saturated rings. The van der Waals surface area contributed by atoms with Crippen molar-refractivity contribution in [2.45, 2.75) is 26.3 Å². The molecule has 1 aliphatic heterocycles. The fraction of sp³-hybridized carbons (Fsp3) is 0.226. The van der Waals surface area contributed by atoms with Crippen LogP contribution in [0.2, 0.25) is 0 Å². The Morgan fingerprint density at radius 1 is 0.923 bits per heavy atom. The number of nitrogens with one attached hydrogen (secondary N) is 2. The van der Waals surface area contributed by atoms with Gasteiger partial charge in [0.15, 0.2) is 0 Å². The minimum absolute atomic E-state index is 0.359. The van der Waals surface area contributed by atoms with Crippen LogP contribution in [0.5, 0.6) is 5.75 Å². The van der Waals surface area contributed by atoms with Crippen molar-refractivity contribution in [3.05, 3.63) is 95.7 Å². The predicted molar refractivity (Wildman–Crippen MR) is 152 cm³/mol. The average Bonchev–Trinajstić information content (AvgIpc) is 3.29. The summed E-state index contributed by atoms with van der Waals surface area (Å²) in [6.07, 6.45) is 11.0. The van der Waals surface area contributed by atoms with Gasteiger partial charge in [-0.2, -0.15) is 0 Å². The highest BCUT2D eigenvalue weighted by molar-refractivity contribution is 6.15. The normalized spacial score (nSPS) is 13.2. The summed E-state index contributed by atoms with van der Waals surface area (Å²) in [5.41, 5.74) is 9.30. The van der Waals surface area contributed by atoms with E-state index >= 15 is 0 Å². The van der Waals surface area contributed by atoms with E-state index in [0.717, 1.165) is 81.8 Å². The lowest BCUT2D eigenvalue weighted by atomic mass is 9.98. The average molecular weight is 521 g/mol. The van der Waals surface area contributed by atoms with E-state index in [1.54, 1.807) is 12.4 Å². The standard InChI is InChI=1S/C31H29FN6O/c1-3-33-13-19-7-21(15-34-14-19)22-10-26-28(37-16-22)5-4-6-36-31(26)29-12-25-27(17-35-18-30(25)38-29)20-8-23(32)11-24(9-20)39-2/h7-12,14-18,33,38H,3-6,13H2,1-2H3. The number of hydrogen-bond acceptors (Lipinski definition) is 6. The summed E-state index contributed by atoms with van der Waals surface area (Å²) in [6.45, 7) is 4.47. The number of H-pyrrole nitrogens is 1. The maximum absolute atomic E-state index is 14.3. The van der Waals surface area contributed by atoms with Gasteiger partial charge in [0, 0.05) is 77.3 Å². The molecule has 1 aliphatic rings. The third kappa shape index (κ3) is 5.03. The Bertz CT molecular complexity index is 1690. The van der Waals surface area contributed by atoms with Crippen molar-refractivity contribution in [2.75, 3.05) is 20.2 Å². The van der Waals surface area contributed by atoms with Crippen molar-refractivity contribution in [1.82, 2.24) is 25.3 Å². The van der Waals surface area contributed by atoms with E-state index in [9.17, 15) is 4.39 Å². The van der Waals surface area contributed by atoms with Gasteiger partial charge in [-0.25, -0.2) is 4.39 Å². The monoisotopic (exact) mass is 520 g/mol. The highest BCUT2D eigenvalue weighted by Crippen LogP contribution is 2.33. The Morgan fingerprint density at radius 2 is 1.79 bits per heavy atom. The minimum Gasteiger partial charge on any atom is -0.497 e. The van der Waals surface area contributed by atoms with Crippen molar-refractivity contribution in [3.63, 3.8) is 0 Å². The molecule has 0 bridgehead atoms. The molecule has 0 saturated carbocycles. The van der Waals surface area contributed by atoms with Gasteiger partial charge in [0.25, 0.3) is 0 Å². The largest absolute Gasteiger partial charge is 0.497 e. The number of aliphatic imine (C=N–C) groups is 1. The summed E-state index contributed by atoms with van der Waals surface area (Å²) in [5, 5.41) is 4.29. The zero-order valence-electron chi connectivity index (χ0n) is 22.0. The molecule has 0 unspecified atom stereocenters. The van der Waals surface area contributed by atoms with Crippen LogP contribution in [-0.4, -0.2) is 45.8 Å². The zero-order valence-corrected chi connectivity index (χ0v) is 22.0. The Labute approximate surface area is 226 Å². The number of aromatic nitrogens is 4. The first kappa shape index (κ1) is 24.9. The van der Waals surface area contributed by atoms with Crippen LogP contribution < -0.4 is 10.1 Å². The number of aryl methyl sites for hydroxylation is 1. The van der Waals surface area contributed by atoms with Crippen molar-refractivity contribution < 1.29 is 9.13 Å². The third-order valence-electron chi connectivity index (χ3n) is 6.99. The van der Waals surface area contributed by atoms with E-state index in [4.69, 9.17) is 14.7 Å². The second-order valence-electron chi connectivity index (χ2n) is 9.63. The highest BCUT2D eigenvalue weighted by atomic mass is 19.1. The smallest absolute Gasteiger partial charge is 0.127 e. The second kappa shape index (κ2) is 10.7. The van der Waals surface area contributed by atoms with Gasteiger partial charge in [0.1, 0.15) is 11.6 Å². The number of fused-ring (bicyclic) bond motifs is 2. The van der Waals surface area contributed by atoms with Crippen molar-refractivity contribution in [3.8, 4) is 28.0 Å². The Balaban J connectivity index is 1.43. The summed E-state index contributed by atoms with van der Waals surface area (Å²) in [4.78, 5) is 22.2. The van der Waals surface area contributed by atoms with Gasteiger partial charge in [0.05, 0.1) is 30.2 Å². The number of nitrogens with zero attached hydrogens (tertiary/aromatic N) is 4. The number of benzene rings is 1. The lowest BCUT2D eigenvalue weighted by Crippen LogP contribution is -2.12. The lowest BCUT2D eigenvalue weighted by Gasteiger charge is -2.11. The van der Waals surface area contributed by atoms with Crippen LogP contribution in [0.4, 0.5) is 4.39 Å². The number of pyridine rings is 3. The number of aromatic amines is 1. The van der Waals surface area contributed by atoms with Gasteiger partial charge in [-0.1, -0.05) is 6.92 Å². The SMILES string of the molecule is CCNCc1cncc(-c2cnc3c(c2)C(c2cc4c(-c5cc(F)cc(OC)c5)cncc4[nH]2)=NCCC3)c1. The zero-order chi connectivity index (χ0) is 26.8. The Hall–Kier alpha value is -4.43. The summed E-state index contributed by atoms with van der Waals surface area (Å²) in [7, 11) is 1.53. The molecule has 196 valence electrons. The van der Waals surface area contributed by atoms with E-state index < -0.39 is 0 Å². The molecular formula is C31H29FN6O. The number of methoxy groups -OCH3 is 1. The molecule has 5 heterocycles. The van der Waals surface area contributed by atoms with Crippen LogP contribution in [0.15, 0.2) is 72.4 Å². The second-order valence-corrected chi connectivity index (χ2v) is 9.63. The van der Waals surface area contributed by atoms with Crippen molar-refractivity contribution >= 4 is 16.6 Å². The molecule has 4 aromatic heterocycles. The Morgan fingerprint density at radius 3 is 2.67 bits per heavy atom. The summed E-state index contributed by atoms with van der Waals surface area (Å²) < 4.78 is 19.6. The van der Waals surface area contributed by atoms with Crippen LogP contribution >= 0.6 is 0 Å². The molecule has 0 atom stereocenters. The molecule has 7 nitrogen and oxygen atoms in total. The fourth-order valence-electron chi connectivity index (χ4n) is 5.06. The molecule has 0 spiro atoms. The lowest BCUT2D eigenvalue weighted by molar-refractivity contribution is 0.411. The number of rotatable bonds is 7. The molecule has 0 aliphatic carbocycles. The summed E-state index contributed by atoms with van der Waals surface area (Å²) >= 11 is 0. The molecule has 8 heteroatoms. The van der Waals surface area contributed by atoms with Crippen LogP contribution in [0.3, 0.4) is 0 Å². The van der Waals surface area contributed by atoms with Crippen molar-refractivity contribution in [1.29, 1.82) is 0 Å². The van der Waals surface area contributed by atoms with Crippen LogP contribution in [-0.2, 0) is 13.0 Å². The quantitative estimate of drug-likeness (QED) is 0.286. The van der Waals surface area contributed by atoms with E-state index in [1.807, 2.05) is 24.7 Å². The maximum Gasteiger partial charge on any atom is 0.127 e. The molecule has 1 aromatic carbocycles. The van der Waals surface area contributed by atoms with E-state index in [2.05, 4.69) is 45.4 Å². The van der Waals surface area contributed by atoms with Crippen LogP contribution in [0, 0.1) is 5.82 Å². The third-order valence-corrected chi connectivity index (χ3v) is 6.99. The predicted octanol–water partition coefficient (Wildman–Crippen LogP) is 5.73. The minimum atomic E-state index is -0.359. The van der Waals surface area contributed by atoms with E-state index in [0.29, 0.717) is 17.9 Å². The molecule has 2 N–H and O–H groups in total. The molecule has 6 rings (SSSR count). The summed E-state index contributed by atoms with van der Waals surface area (Å²) in [5.74, 6) is 0.101. The van der Waals surface area contributed by atoms with Gasteiger partial charge in [0.2, 0.25) is 0 Å². The van der Waals surface area contributed by atoms with Gasteiger partial charge >= 0.3 is 0 Å². The van der Waals surface area contributed by atoms with Gasteiger partial charge in [-0.15, -0.1) is 0 Å². The van der Waals surface area contributed by atoms with Gasteiger partial charge in [-0.05, 0) is 60.8 Å². The first-order chi connectivity index (χ1) is 19.1. The fourth-order valence-corrected chi connectivity index (χ4v) is 5.06. The number of hydrogen-bond donors (Lipinski definition) is 2. The topological polar surface area (TPSA) is 88.1 Å². The molecule has 0 saturated heterocycles. The maximum atomic E-state index is 14.3. The number of ether oxygens (including phenoxy) is 1. The Kier molecular flexibility index (Phi) is 6.85. The van der Waals surface area contributed by atoms with Gasteiger partial charge in [-0.3, -0.25) is 19.9 Å². The van der Waals surface area contributed by atoms with Crippen molar-refractivity contribution in [2.24, 2.45) is 4.99 Å². The first-order valence-corrected chi connectivity index (χ1v) is 13.1.